The van der Waals surface area contributed by atoms with Crippen LogP contribution in [0.5, 0.6) is 0 Å². The van der Waals surface area contributed by atoms with Gasteiger partial charge in [-0.15, -0.1) is 0 Å². The molecule has 138 valence electrons. The number of nitrogens with zero attached hydrogens (tertiary/aromatic N) is 2. The highest BCUT2D eigenvalue weighted by Crippen LogP contribution is 2.21. The second-order valence-corrected chi connectivity index (χ2v) is 6.69. The number of hydrogen-bond acceptors (Lipinski definition) is 3. The molecule has 0 radical (unpaired) electrons. The molecule has 3 rings (SSSR count). The summed E-state index contributed by atoms with van der Waals surface area (Å²) in [4.78, 5) is 8.62. The molecule has 2 aromatic rings. The molecule has 1 heterocycles. The minimum Gasteiger partial charge on any atom is -0.439 e. The summed E-state index contributed by atoms with van der Waals surface area (Å²) >= 11 is 0. The van der Waals surface area contributed by atoms with Gasteiger partial charge in [-0.3, -0.25) is 4.99 Å². The van der Waals surface area contributed by atoms with E-state index < -0.39 is 0 Å². The number of aromatic nitrogens is 1. The zero-order chi connectivity index (χ0) is 18.2. The molecule has 26 heavy (non-hydrogen) atoms. The fraction of sp³-hybridized carbons (Fsp3) is 0.429. The first-order valence-corrected chi connectivity index (χ1v) is 9.39. The van der Waals surface area contributed by atoms with Crippen LogP contribution in [0, 0.1) is 6.92 Å². The molecule has 1 aromatic carbocycles. The van der Waals surface area contributed by atoms with E-state index in [1.807, 2.05) is 12.1 Å². The first-order chi connectivity index (χ1) is 12.7. The lowest BCUT2D eigenvalue weighted by atomic mass is 9.97. The van der Waals surface area contributed by atoms with E-state index in [2.05, 4.69) is 45.7 Å². The van der Waals surface area contributed by atoms with Crippen LogP contribution in [-0.4, -0.2) is 24.5 Å². The van der Waals surface area contributed by atoms with Crippen LogP contribution in [0.15, 0.2) is 51.5 Å². The second kappa shape index (κ2) is 9.22. The van der Waals surface area contributed by atoms with E-state index in [1.54, 1.807) is 18.8 Å². The Hall–Kier alpha value is -2.56. The van der Waals surface area contributed by atoms with Crippen molar-refractivity contribution in [1.82, 2.24) is 15.6 Å². The van der Waals surface area contributed by atoms with Crippen molar-refractivity contribution in [3.63, 3.8) is 0 Å². The van der Waals surface area contributed by atoms with Gasteiger partial charge in [0.1, 0.15) is 0 Å². The Labute approximate surface area is 155 Å². The summed E-state index contributed by atoms with van der Waals surface area (Å²) in [5, 5.41) is 6.62. The molecular weight excluding hydrogens is 324 g/mol. The molecule has 1 aliphatic carbocycles. The fourth-order valence-electron chi connectivity index (χ4n) is 3.10. The lowest BCUT2D eigenvalue weighted by Gasteiger charge is -2.14. The van der Waals surface area contributed by atoms with Crippen LogP contribution < -0.4 is 10.6 Å². The molecule has 1 aliphatic rings. The maximum Gasteiger partial charge on any atom is 0.214 e. The topological polar surface area (TPSA) is 62.5 Å². The van der Waals surface area contributed by atoms with Gasteiger partial charge in [-0.05, 0) is 39.0 Å². The van der Waals surface area contributed by atoms with Crippen LogP contribution in [0.2, 0.25) is 0 Å². The van der Waals surface area contributed by atoms with E-state index >= 15 is 0 Å². The first-order valence-electron chi connectivity index (χ1n) is 9.39. The van der Waals surface area contributed by atoms with Crippen molar-refractivity contribution >= 4 is 5.96 Å². The molecule has 0 unspecified atom stereocenters. The van der Waals surface area contributed by atoms with Crippen molar-refractivity contribution in [3.05, 3.63) is 53.6 Å². The number of allylic oxidation sites excluding steroid dienone is 1. The number of hydrogen-bond donors (Lipinski definition) is 2. The van der Waals surface area contributed by atoms with E-state index in [1.165, 1.54) is 31.2 Å². The van der Waals surface area contributed by atoms with E-state index in [9.17, 15) is 0 Å². The predicted molar refractivity (Wildman–Crippen MR) is 106 cm³/mol. The molecule has 5 nitrogen and oxygen atoms in total. The standard InChI is InChI=1S/C21H28N4O/c1-16-8-10-18(11-9-16)19-14-24-20(26-19)15-25-21(22-2)23-13-12-17-6-4-3-5-7-17/h6,8-11,14H,3-5,7,12-13,15H2,1-2H3,(H2,22,23,25). The Morgan fingerprint density at radius 3 is 2.77 bits per heavy atom. The summed E-state index contributed by atoms with van der Waals surface area (Å²) in [7, 11) is 1.78. The zero-order valence-electron chi connectivity index (χ0n) is 15.7. The fourth-order valence-corrected chi connectivity index (χ4v) is 3.10. The van der Waals surface area contributed by atoms with Gasteiger partial charge >= 0.3 is 0 Å². The van der Waals surface area contributed by atoms with Crippen molar-refractivity contribution in [2.24, 2.45) is 4.99 Å². The van der Waals surface area contributed by atoms with E-state index in [0.29, 0.717) is 12.4 Å². The molecule has 1 aromatic heterocycles. The third kappa shape index (κ3) is 5.22. The highest BCUT2D eigenvalue weighted by molar-refractivity contribution is 5.79. The van der Waals surface area contributed by atoms with Gasteiger partial charge in [-0.25, -0.2) is 4.98 Å². The Bertz CT molecular complexity index is 759. The molecule has 2 N–H and O–H groups in total. The lowest BCUT2D eigenvalue weighted by Crippen LogP contribution is -2.37. The number of benzene rings is 1. The number of guanidine groups is 1. The highest BCUT2D eigenvalue weighted by Gasteiger charge is 2.08. The third-order valence-corrected chi connectivity index (χ3v) is 4.64. The van der Waals surface area contributed by atoms with Gasteiger partial charge in [-0.1, -0.05) is 41.5 Å². The maximum absolute atomic E-state index is 5.84. The quantitative estimate of drug-likeness (QED) is 0.464. The van der Waals surface area contributed by atoms with Gasteiger partial charge < -0.3 is 15.1 Å². The minimum absolute atomic E-state index is 0.508. The molecule has 0 amide bonds. The van der Waals surface area contributed by atoms with Crippen LogP contribution in [0.1, 0.15) is 43.6 Å². The largest absolute Gasteiger partial charge is 0.439 e. The first kappa shape index (κ1) is 18.2. The Morgan fingerprint density at radius 1 is 1.19 bits per heavy atom. The predicted octanol–water partition coefficient (Wildman–Crippen LogP) is 4.21. The molecule has 0 bridgehead atoms. The van der Waals surface area contributed by atoms with E-state index in [4.69, 9.17) is 4.42 Å². The van der Waals surface area contributed by atoms with Gasteiger partial charge in [0.05, 0.1) is 12.7 Å². The number of aryl methyl sites for hydroxylation is 1. The van der Waals surface area contributed by atoms with E-state index in [-0.39, 0.29) is 0 Å². The Kier molecular flexibility index (Phi) is 6.47. The van der Waals surface area contributed by atoms with Crippen LogP contribution in [0.4, 0.5) is 0 Å². The van der Waals surface area contributed by atoms with Crippen molar-refractivity contribution in [2.75, 3.05) is 13.6 Å². The Morgan fingerprint density at radius 2 is 2.04 bits per heavy atom. The lowest BCUT2D eigenvalue weighted by molar-refractivity contribution is 0.497. The SMILES string of the molecule is CN=C(NCCC1=CCCCC1)NCc1ncc(-c2ccc(C)cc2)o1. The number of aliphatic imine (C=N–C) groups is 1. The van der Waals surface area contributed by atoms with Crippen LogP contribution in [-0.2, 0) is 6.54 Å². The highest BCUT2D eigenvalue weighted by atomic mass is 16.4. The van der Waals surface area contributed by atoms with Crippen molar-refractivity contribution in [2.45, 2.75) is 45.6 Å². The van der Waals surface area contributed by atoms with Gasteiger partial charge in [0.15, 0.2) is 11.7 Å². The van der Waals surface area contributed by atoms with Crippen molar-refractivity contribution < 1.29 is 4.42 Å². The third-order valence-electron chi connectivity index (χ3n) is 4.64. The van der Waals surface area contributed by atoms with Gasteiger partial charge in [0.2, 0.25) is 5.89 Å². The van der Waals surface area contributed by atoms with Crippen LogP contribution in [0.25, 0.3) is 11.3 Å². The van der Waals surface area contributed by atoms with Crippen LogP contribution >= 0.6 is 0 Å². The summed E-state index contributed by atoms with van der Waals surface area (Å²) in [6.45, 7) is 3.48. The van der Waals surface area contributed by atoms with Gasteiger partial charge in [-0.2, -0.15) is 0 Å². The molecule has 0 saturated carbocycles. The zero-order valence-corrected chi connectivity index (χ0v) is 15.7. The number of nitrogens with one attached hydrogen (secondary N) is 2. The maximum atomic E-state index is 5.84. The summed E-state index contributed by atoms with van der Waals surface area (Å²) in [5.74, 6) is 2.21. The normalized spacial score (nSPS) is 14.8. The average molecular weight is 352 g/mol. The molecule has 0 fully saturated rings. The number of rotatable bonds is 6. The van der Waals surface area contributed by atoms with Crippen molar-refractivity contribution in [3.8, 4) is 11.3 Å². The minimum atomic E-state index is 0.508. The summed E-state index contributed by atoms with van der Waals surface area (Å²) in [6, 6.07) is 8.24. The van der Waals surface area contributed by atoms with Gasteiger partial charge in [0, 0.05) is 19.2 Å². The molecule has 0 spiro atoms. The average Bonchev–Trinajstić information content (AvgIpc) is 3.15. The van der Waals surface area contributed by atoms with Crippen LogP contribution in [0.3, 0.4) is 0 Å². The molecule has 0 saturated heterocycles. The van der Waals surface area contributed by atoms with E-state index in [0.717, 1.165) is 30.2 Å². The summed E-state index contributed by atoms with van der Waals surface area (Å²) in [5.41, 5.74) is 3.83. The molecule has 0 aliphatic heterocycles. The number of oxazole rings is 1. The van der Waals surface area contributed by atoms with Gasteiger partial charge in [0.25, 0.3) is 0 Å². The second-order valence-electron chi connectivity index (χ2n) is 6.69. The molecule has 0 atom stereocenters. The Balaban J connectivity index is 1.46. The van der Waals surface area contributed by atoms with Crippen molar-refractivity contribution in [1.29, 1.82) is 0 Å². The monoisotopic (exact) mass is 352 g/mol. The summed E-state index contributed by atoms with van der Waals surface area (Å²) in [6.07, 6.45) is 10.4. The molecular formula is C21H28N4O. The smallest absolute Gasteiger partial charge is 0.214 e. The summed E-state index contributed by atoms with van der Waals surface area (Å²) < 4.78 is 5.84. The molecule has 5 heteroatoms.